The summed E-state index contributed by atoms with van der Waals surface area (Å²) >= 11 is 0. The van der Waals surface area contributed by atoms with Crippen LogP contribution in [0, 0.1) is 0 Å². The molecule has 2 heteroatoms. The molecular formula is C13H20O2. The van der Waals surface area contributed by atoms with Crippen molar-refractivity contribution in [1.29, 1.82) is 0 Å². The monoisotopic (exact) mass is 208 g/mol. The van der Waals surface area contributed by atoms with Gasteiger partial charge in [0, 0.05) is 19.6 Å². The standard InChI is InChI=1S/C13H20O2/c1-3-14-13(15-4-2)11-10-12-8-6-5-7-9-12/h5-9,13H,3-4,10-11H2,1-2H3. The lowest BCUT2D eigenvalue weighted by molar-refractivity contribution is -0.139. The zero-order valence-electron chi connectivity index (χ0n) is 9.61. The van der Waals surface area contributed by atoms with Crippen LogP contribution in [0.3, 0.4) is 0 Å². The predicted molar refractivity (Wildman–Crippen MR) is 61.8 cm³/mol. The van der Waals surface area contributed by atoms with Crippen molar-refractivity contribution < 1.29 is 9.47 Å². The van der Waals surface area contributed by atoms with Gasteiger partial charge in [-0.3, -0.25) is 0 Å². The lowest BCUT2D eigenvalue weighted by Gasteiger charge is -2.16. The zero-order chi connectivity index (χ0) is 10.9. The summed E-state index contributed by atoms with van der Waals surface area (Å²) in [6.45, 7) is 5.40. The predicted octanol–water partition coefficient (Wildman–Crippen LogP) is 3.02. The van der Waals surface area contributed by atoms with Crippen LogP contribution in [0.1, 0.15) is 25.8 Å². The quantitative estimate of drug-likeness (QED) is 0.641. The summed E-state index contributed by atoms with van der Waals surface area (Å²) in [6, 6.07) is 10.4. The molecule has 0 heterocycles. The minimum absolute atomic E-state index is 0.0554. The zero-order valence-corrected chi connectivity index (χ0v) is 9.61. The number of benzene rings is 1. The van der Waals surface area contributed by atoms with Crippen molar-refractivity contribution in [1.82, 2.24) is 0 Å². The maximum Gasteiger partial charge on any atom is 0.157 e. The number of hydrogen-bond donors (Lipinski definition) is 0. The van der Waals surface area contributed by atoms with E-state index in [9.17, 15) is 0 Å². The SMILES string of the molecule is CCOC(CCc1ccccc1)OCC. The van der Waals surface area contributed by atoms with Crippen molar-refractivity contribution >= 4 is 0 Å². The summed E-state index contributed by atoms with van der Waals surface area (Å²) in [7, 11) is 0. The highest BCUT2D eigenvalue weighted by Gasteiger charge is 2.07. The van der Waals surface area contributed by atoms with Crippen LogP contribution in [0.5, 0.6) is 0 Å². The molecule has 0 aromatic heterocycles. The van der Waals surface area contributed by atoms with Gasteiger partial charge in [-0.2, -0.15) is 0 Å². The van der Waals surface area contributed by atoms with E-state index in [1.807, 2.05) is 19.9 Å². The Kier molecular flexibility index (Phi) is 6.05. The van der Waals surface area contributed by atoms with Gasteiger partial charge in [0.25, 0.3) is 0 Å². The van der Waals surface area contributed by atoms with Gasteiger partial charge in [0.05, 0.1) is 0 Å². The first-order chi connectivity index (χ1) is 7.36. The summed E-state index contributed by atoms with van der Waals surface area (Å²) in [4.78, 5) is 0. The largest absolute Gasteiger partial charge is 0.353 e. The van der Waals surface area contributed by atoms with Gasteiger partial charge in [-0.25, -0.2) is 0 Å². The highest BCUT2D eigenvalue weighted by Crippen LogP contribution is 2.08. The molecule has 0 N–H and O–H groups in total. The summed E-state index contributed by atoms with van der Waals surface area (Å²) in [5, 5.41) is 0. The lowest BCUT2D eigenvalue weighted by Crippen LogP contribution is -2.18. The average Bonchev–Trinajstić information content (AvgIpc) is 2.28. The van der Waals surface area contributed by atoms with E-state index in [2.05, 4.69) is 24.3 Å². The molecule has 0 bridgehead atoms. The van der Waals surface area contributed by atoms with Crippen LogP contribution >= 0.6 is 0 Å². The van der Waals surface area contributed by atoms with Crippen molar-refractivity contribution in [3.63, 3.8) is 0 Å². The molecule has 1 rings (SSSR count). The number of hydrogen-bond acceptors (Lipinski definition) is 2. The molecule has 0 amide bonds. The highest BCUT2D eigenvalue weighted by molar-refractivity contribution is 5.14. The van der Waals surface area contributed by atoms with Gasteiger partial charge in [0.2, 0.25) is 0 Å². The van der Waals surface area contributed by atoms with Crippen LogP contribution in [0.4, 0.5) is 0 Å². The second-order valence-electron chi connectivity index (χ2n) is 3.36. The second kappa shape index (κ2) is 7.43. The number of rotatable bonds is 7. The third-order valence-corrected chi connectivity index (χ3v) is 2.22. The Morgan fingerprint density at radius 1 is 1.00 bits per heavy atom. The minimum atomic E-state index is -0.0554. The van der Waals surface area contributed by atoms with Gasteiger partial charge in [-0.15, -0.1) is 0 Å². The first kappa shape index (κ1) is 12.2. The topological polar surface area (TPSA) is 18.5 Å². The summed E-state index contributed by atoms with van der Waals surface area (Å²) in [5.74, 6) is 0. The van der Waals surface area contributed by atoms with Gasteiger partial charge >= 0.3 is 0 Å². The summed E-state index contributed by atoms with van der Waals surface area (Å²) in [6.07, 6.45) is 1.87. The van der Waals surface area contributed by atoms with E-state index in [1.54, 1.807) is 0 Å². The minimum Gasteiger partial charge on any atom is -0.353 e. The Labute approximate surface area is 92.2 Å². The van der Waals surface area contributed by atoms with Crippen LogP contribution in [0.2, 0.25) is 0 Å². The fourth-order valence-electron chi connectivity index (χ4n) is 1.52. The second-order valence-corrected chi connectivity index (χ2v) is 3.36. The third kappa shape index (κ3) is 4.96. The van der Waals surface area contributed by atoms with Crippen molar-refractivity contribution in [2.75, 3.05) is 13.2 Å². The molecule has 0 spiro atoms. The van der Waals surface area contributed by atoms with Crippen molar-refractivity contribution in [2.45, 2.75) is 33.0 Å². The molecule has 0 unspecified atom stereocenters. The maximum absolute atomic E-state index is 5.48. The number of aryl methyl sites for hydroxylation is 1. The molecule has 0 saturated heterocycles. The van der Waals surface area contributed by atoms with Gasteiger partial charge in [0.15, 0.2) is 6.29 Å². The van der Waals surface area contributed by atoms with E-state index in [1.165, 1.54) is 5.56 Å². The maximum atomic E-state index is 5.48. The van der Waals surface area contributed by atoms with Crippen LogP contribution < -0.4 is 0 Å². The molecule has 84 valence electrons. The molecule has 1 aromatic rings. The molecule has 0 fully saturated rings. The molecule has 0 aliphatic heterocycles. The van der Waals surface area contributed by atoms with Crippen molar-refractivity contribution in [2.24, 2.45) is 0 Å². The summed E-state index contributed by atoms with van der Waals surface area (Å²) in [5.41, 5.74) is 1.34. The fraction of sp³-hybridized carbons (Fsp3) is 0.538. The Balaban J connectivity index is 2.33. The Hall–Kier alpha value is -0.860. The average molecular weight is 208 g/mol. The molecular weight excluding hydrogens is 188 g/mol. The van der Waals surface area contributed by atoms with Gasteiger partial charge < -0.3 is 9.47 Å². The van der Waals surface area contributed by atoms with E-state index in [0.29, 0.717) is 13.2 Å². The van der Waals surface area contributed by atoms with E-state index >= 15 is 0 Å². The molecule has 1 aromatic carbocycles. The van der Waals surface area contributed by atoms with Crippen LogP contribution in [-0.2, 0) is 15.9 Å². The number of ether oxygens (including phenoxy) is 2. The Morgan fingerprint density at radius 2 is 1.60 bits per heavy atom. The first-order valence-corrected chi connectivity index (χ1v) is 5.64. The normalized spacial score (nSPS) is 10.9. The summed E-state index contributed by atoms with van der Waals surface area (Å²) < 4.78 is 11.0. The fourth-order valence-corrected chi connectivity index (χ4v) is 1.52. The Morgan fingerprint density at radius 3 is 2.13 bits per heavy atom. The Bertz CT molecular complexity index is 240. The lowest BCUT2D eigenvalue weighted by atomic mass is 10.1. The van der Waals surface area contributed by atoms with E-state index in [4.69, 9.17) is 9.47 Å². The molecule has 15 heavy (non-hydrogen) atoms. The molecule has 0 aliphatic rings. The van der Waals surface area contributed by atoms with Crippen molar-refractivity contribution in [3.8, 4) is 0 Å². The molecule has 2 nitrogen and oxygen atoms in total. The molecule has 0 aliphatic carbocycles. The van der Waals surface area contributed by atoms with Gasteiger partial charge in [0.1, 0.15) is 0 Å². The van der Waals surface area contributed by atoms with Gasteiger partial charge in [-0.1, -0.05) is 30.3 Å². The first-order valence-electron chi connectivity index (χ1n) is 5.64. The van der Waals surface area contributed by atoms with Crippen LogP contribution in [0.25, 0.3) is 0 Å². The third-order valence-electron chi connectivity index (χ3n) is 2.22. The van der Waals surface area contributed by atoms with Crippen molar-refractivity contribution in [3.05, 3.63) is 35.9 Å². The molecule has 0 saturated carbocycles. The van der Waals surface area contributed by atoms with Crippen LogP contribution in [0.15, 0.2) is 30.3 Å². The van der Waals surface area contributed by atoms with E-state index < -0.39 is 0 Å². The van der Waals surface area contributed by atoms with Crippen LogP contribution in [-0.4, -0.2) is 19.5 Å². The molecule has 0 atom stereocenters. The van der Waals surface area contributed by atoms with E-state index in [-0.39, 0.29) is 6.29 Å². The smallest absolute Gasteiger partial charge is 0.157 e. The molecule has 0 radical (unpaired) electrons. The highest BCUT2D eigenvalue weighted by atomic mass is 16.7. The van der Waals surface area contributed by atoms with Gasteiger partial charge in [-0.05, 0) is 25.8 Å². The van der Waals surface area contributed by atoms with E-state index in [0.717, 1.165) is 12.8 Å².